The maximum atomic E-state index is 5.51. The van der Waals surface area contributed by atoms with Gasteiger partial charge in [0.05, 0.1) is 0 Å². The van der Waals surface area contributed by atoms with Crippen LogP contribution in [0.3, 0.4) is 0 Å². The Morgan fingerprint density at radius 1 is 1.38 bits per heavy atom. The third kappa shape index (κ3) is 2.25. The van der Waals surface area contributed by atoms with Crippen LogP contribution in [0.25, 0.3) is 11.6 Å². The molecule has 0 saturated heterocycles. The lowest BCUT2D eigenvalue weighted by molar-refractivity contribution is 0.497. The average Bonchev–Trinajstić information content (AvgIpc) is 2.75. The van der Waals surface area contributed by atoms with Gasteiger partial charge in [0.15, 0.2) is 0 Å². The molecule has 0 aliphatic heterocycles. The van der Waals surface area contributed by atoms with E-state index in [4.69, 9.17) is 10.2 Å². The predicted molar refractivity (Wildman–Crippen MR) is 59.6 cm³/mol. The van der Waals surface area contributed by atoms with Crippen molar-refractivity contribution in [2.75, 3.05) is 6.54 Å². The molecule has 2 rings (SSSR count). The molecule has 0 unspecified atom stereocenters. The van der Waals surface area contributed by atoms with E-state index in [1.165, 1.54) is 0 Å². The predicted octanol–water partition coefficient (Wildman–Crippen LogP) is 1.33. The Balaban J connectivity index is 2.22. The van der Waals surface area contributed by atoms with E-state index < -0.39 is 0 Å². The van der Waals surface area contributed by atoms with Crippen molar-refractivity contribution in [2.45, 2.75) is 19.8 Å². The van der Waals surface area contributed by atoms with Gasteiger partial charge in [-0.1, -0.05) is 6.07 Å². The first-order chi connectivity index (χ1) is 7.81. The van der Waals surface area contributed by atoms with Gasteiger partial charge in [0.2, 0.25) is 5.89 Å². The van der Waals surface area contributed by atoms with Gasteiger partial charge in [-0.25, -0.2) is 0 Å². The Kier molecular flexibility index (Phi) is 3.26. The van der Waals surface area contributed by atoms with Crippen molar-refractivity contribution in [3.63, 3.8) is 0 Å². The molecule has 0 atom stereocenters. The number of nitrogens with zero attached hydrogens (tertiary/aromatic N) is 3. The highest BCUT2D eigenvalue weighted by Gasteiger charge is 2.11. The van der Waals surface area contributed by atoms with Crippen LogP contribution >= 0.6 is 0 Å². The molecule has 84 valence electrons. The summed E-state index contributed by atoms with van der Waals surface area (Å²) in [5.74, 6) is 1.09. The summed E-state index contributed by atoms with van der Waals surface area (Å²) in [6, 6.07) is 3.84. The van der Waals surface area contributed by atoms with E-state index in [9.17, 15) is 0 Å². The van der Waals surface area contributed by atoms with Crippen molar-refractivity contribution in [1.82, 2.24) is 15.2 Å². The monoisotopic (exact) mass is 218 g/mol. The Labute approximate surface area is 93.7 Å². The smallest absolute Gasteiger partial charge is 0.266 e. The minimum atomic E-state index is 0.477. The lowest BCUT2D eigenvalue weighted by Crippen LogP contribution is -2.00. The quantitative estimate of drug-likeness (QED) is 0.837. The fourth-order valence-electron chi connectivity index (χ4n) is 1.41. The van der Waals surface area contributed by atoms with Gasteiger partial charge in [-0.2, -0.15) is 0 Å². The largest absolute Gasteiger partial charge is 0.419 e. The van der Waals surface area contributed by atoms with Crippen molar-refractivity contribution in [3.8, 4) is 11.6 Å². The number of nitrogens with two attached hydrogens (primary N) is 1. The zero-order chi connectivity index (χ0) is 11.4. The molecule has 2 aromatic rings. The third-order valence-corrected chi connectivity index (χ3v) is 2.27. The molecule has 0 spiro atoms. The standard InChI is InChI=1S/C11H14N4O/c1-8-4-3-7-13-10(8)11-15-14-9(16-11)5-2-6-12/h3-4,7H,2,5-6,12H2,1H3. The summed E-state index contributed by atoms with van der Waals surface area (Å²) in [6.07, 6.45) is 3.28. The summed E-state index contributed by atoms with van der Waals surface area (Å²) in [5, 5.41) is 7.94. The van der Waals surface area contributed by atoms with E-state index in [-0.39, 0.29) is 0 Å². The van der Waals surface area contributed by atoms with Crippen LogP contribution < -0.4 is 5.73 Å². The molecule has 0 aliphatic carbocycles. The third-order valence-electron chi connectivity index (χ3n) is 2.27. The molecular weight excluding hydrogens is 204 g/mol. The van der Waals surface area contributed by atoms with Crippen molar-refractivity contribution < 1.29 is 4.42 Å². The Morgan fingerprint density at radius 3 is 3.00 bits per heavy atom. The molecule has 0 radical (unpaired) electrons. The van der Waals surface area contributed by atoms with Crippen LogP contribution in [0, 0.1) is 6.92 Å². The Hall–Kier alpha value is -1.75. The number of rotatable bonds is 4. The Morgan fingerprint density at radius 2 is 2.25 bits per heavy atom. The maximum absolute atomic E-state index is 5.51. The molecule has 5 heteroatoms. The fraction of sp³-hybridized carbons (Fsp3) is 0.364. The second-order valence-electron chi connectivity index (χ2n) is 3.56. The molecule has 0 saturated carbocycles. The number of hydrogen-bond acceptors (Lipinski definition) is 5. The first kappa shape index (κ1) is 10.8. The molecule has 0 aromatic carbocycles. The summed E-state index contributed by atoms with van der Waals surface area (Å²) in [6.45, 7) is 2.59. The van der Waals surface area contributed by atoms with Crippen molar-refractivity contribution in [3.05, 3.63) is 29.8 Å². The summed E-state index contributed by atoms with van der Waals surface area (Å²) < 4.78 is 5.51. The fourth-order valence-corrected chi connectivity index (χ4v) is 1.41. The van der Waals surface area contributed by atoms with E-state index >= 15 is 0 Å². The van der Waals surface area contributed by atoms with Crippen molar-refractivity contribution >= 4 is 0 Å². The SMILES string of the molecule is Cc1cccnc1-c1nnc(CCCN)o1. The normalized spacial score (nSPS) is 10.6. The molecule has 5 nitrogen and oxygen atoms in total. The molecule has 0 bridgehead atoms. The topological polar surface area (TPSA) is 77.8 Å². The minimum Gasteiger partial charge on any atom is -0.419 e. The highest BCUT2D eigenvalue weighted by Crippen LogP contribution is 2.18. The van der Waals surface area contributed by atoms with Gasteiger partial charge >= 0.3 is 0 Å². The van der Waals surface area contributed by atoms with E-state index in [2.05, 4.69) is 15.2 Å². The lowest BCUT2D eigenvalue weighted by atomic mass is 10.2. The Bertz CT molecular complexity index is 467. The zero-order valence-electron chi connectivity index (χ0n) is 9.18. The van der Waals surface area contributed by atoms with E-state index in [0.29, 0.717) is 18.3 Å². The summed E-state index contributed by atoms with van der Waals surface area (Å²) in [4.78, 5) is 4.22. The van der Waals surface area contributed by atoms with Crippen LogP contribution in [0.2, 0.25) is 0 Å². The molecule has 2 N–H and O–H groups in total. The molecule has 0 aliphatic rings. The molecule has 2 heterocycles. The van der Waals surface area contributed by atoms with Gasteiger partial charge in [0.25, 0.3) is 5.89 Å². The highest BCUT2D eigenvalue weighted by atomic mass is 16.4. The minimum absolute atomic E-state index is 0.477. The first-order valence-electron chi connectivity index (χ1n) is 5.25. The second kappa shape index (κ2) is 4.85. The molecule has 0 amide bonds. The van der Waals surface area contributed by atoms with Crippen LogP contribution in [-0.4, -0.2) is 21.7 Å². The zero-order valence-corrected chi connectivity index (χ0v) is 9.18. The molecule has 16 heavy (non-hydrogen) atoms. The van der Waals surface area contributed by atoms with Crippen molar-refractivity contribution in [2.24, 2.45) is 5.73 Å². The summed E-state index contributed by atoms with van der Waals surface area (Å²) >= 11 is 0. The van der Waals surface area contributed by atoms with Crippen molar-refractivity contribution in [1.29, 1.82) is 0 Å². The number of aromatic nitrogens is 3. The van der Waals surface area contributed by atoms with Gasteiger partial charge in [-0.15, -0.1) is 10.2 Å². The highest BCUT2D eigenvalue weighted by molar-refractivity contribution is 5.51. The van der Waals surface area contributed by atoms with Crippen LogP contribution in [0.5, 0.6) is 0 Å². The molecule has 0 fully saturated rings. The van der Waals surface area contributed by atoms with E-state index in [1.54, 1.807) is 6.20 Å². The van der Waals surface area contributed by atoms with E-state index in [0.717, 1.165) is 24.1 Å². The van der Waals surface area contributed by atoms with Crippen LogP contribution in [0.1, 0.15) is 17.9 Å². The molecular formula is C11H14N4O. The van der Waals surface area contributed by atoms with Crippen LogP contribution in [0.15, 0.2) is 22.7 Å². The van der Waals surface area contributed by atoms with Gasteiger partial charge in [0, 0.05) is 12.6 Å². The van der Waals surface area contributed by atoms with E-state index in [1.807, 2.05) is 19.1 Å². The maximum Gasteiger partial charge on any atom is 0.266 e. The summed E-state index contributed by atoms with van der Waals surface area (Å²) in [7, 11) is 0. The van der Waals surface area contributed by atoms with Crippen LogP contribution in [-0.2, 0) is 6.42 Å². The lowest BCUT2D eigenvalue weighted by Gasteiger charge is -1.97. The summed E-state index contributed by atoms with van der Waals surface area (Å²) in [5.41, 5.74) is 7.19. The van der Waals surface area contributed by atoms with Gasteiger partial charge in [0.1, 0.15) is 5.69 Å². The number of pyridine rings is 1. The average molecular weight is 218 g/mol. The second-order valence-corrected chi connectivity index (χ2v) is 3.56. The van der Waals surface area contributed by atoms with Gasteiger partial charge in [-0.3, -0.25) is 4.98 Å². The van der Waals surface area contributed by atoms with Gasteiger partial charge < -0.3 is 10.2 Å². The van der Waals surface area contributed by atoms with Crippen LogP contribution in [0.4, 0.5) is 0 Å². The molecule has 2 aromatic heterocycles. The number of hydrogen-bond donors (Lipinski definition) is 1. The van der Waals surface area contributed by atoms with Gasteiger partial charge in [-0.05, 0) is 31.5 Å². The first-order valence-corrected chi connectivity index (χ1v) is 5.25. The number of aryl methyl sites for hydroxylation is 2.